The lowest BCUT2D eigenvalue weighted by atomic mass is 10.1. The number of aromatic nitrogens is 3. The van der Waals surface area contributed by atoms with Crippen molar-refractivity contribution in [2.24, 2.45) is 0 Å². The number of carbonyl (C=O) groups excluding carboxylic acids is 1. The van der Waals surface area contributed by atoms with Gasteiger partial charge in [0.1, 0.15) is 17.8 Å². The molecule has 3 rings (SSSR count). The second kappa shape index (κ2) is 10.4. The second-order valence-corrected chi connectivity index (χ2v) is 9.28. The number of carbonyl (C=O) groups is 1. The standard InChI is InChI=1S/C22H21F4N5O3S/c1-14(2)31(35(33,34)18-6-4-16(23)5-7-18)12-21(32)28-11-17-9-19(30-13-29-17)15-3-8-20(27-10-15)22(24,25)26/h3-10,13-14H,11-12H2,1-2H3,(H,28,32)/i12D2. The molecule has 13 heteroatoms. The molecule has 3 aromatic rings. The molecule has 1 N–H and O–H groups in total. The van der Waals surface area contributed by atoms with Crippen LogP contribution in [0.4, 0.5) is 17.6 Å². The topological polar surface area (TPSA) is 105 Å². The van der Waals surface area contributed by atoms with Crippen molar-refractivity contribution in [2.75, 3.05) is 6.50 Å². The van der Waals surface area contributed by atoms with E-state index >= 15 is 0 Å². The average molecular weight is 514 g/mol. The fraction of sp³-hybridized carbons (Fsp3) is 0.273. The van der Waals surface area contributed by atoms with E-state index < -0.39 is 51.1 Å². The van der Waals surface area contributed by atoms with E-state index in [0.29, 0.717) is 4.31 Å². The van der Waals surface area contributed by atoms with Crippen LogP contribution in [0.3, 0.4) is 0 Å². The van der Waals surface area contributed by atoms with Gasteiger partial charge in [0, 0.05) is 17.8 Å². The molecule has 1 aromatic carbocycles. The molecule has 0 fully saturated rings. The molecule has 0 bridgehead atoms. The molecule has 2 heterocycles. The molecule has 0 aliphatic heterocycles. The first kappa shape index (κ1) is 23.3. The van der Waals surface area contributed by atoms with E-state index in [-0.39, 0.29) is 23.5 Å². The first-order valence-electron chi connectivity index (χ1n) is 11.1. The van der Waals surface area contributed by atoms with Gasteiger partial charge in [-0.2, -0.15) is 17.5 Å². The number of benzene rings is 1. The van der Waals surface area contributed by atoms with Crippen LogP contribution in [0, 0.1) is 5.82 Å². The van der Waals surface area contributed by atoms with Gasteiger partial charge in [-0.15, -0.1) is 0 Å². The highest BCUT2D eigenvalue weighted by Gasteiger charge is 2.32. The van der Waals surface area contributed by atoms with E-state index in [0.717, 1.165) is 42.9 Å². The molecular weight excluding hydrogens is 490 g/mol. The highest BCUT2D eigenvalue weighted by molar-refractivity contribution is 7.89. The zero-order valence-electron chi connectivity index (χ0n) is 20.4. The minimum absolute atomic E-state index is 0.173. The number of hydrogen-bond acceptors (Lipinski definition) is 6. The number of alkyl halides is 3. The summed E-state index contributed by atoms with van der Waals surface area (Å²) in [6.45, 7) is -0.638. The van der Waals surface area contributed by atoms with Crippen molar-refractivity contribution in [3.05, 3.63) is 72.2 Å². The molecular formula is C22H21F4N5O3S. The summed E-state index contributed by atoms with van der Waals surface area (Å²) >= 11 is 0. The van der Waals surface area contributed by atoms with Gasteiger partial charge in [0.25, 0.3) is 0 Å². The number of halogens is 4. The Hall–Kier alpha value is -3.45. The number of rotatable bonds is 8. The third-order valence-electron chi connectivity index (χ3n) is 4.55. The Morgan fingerprint density at radius 2 is 1.80 bits per heavy atom. The fourth-order valence-corrected chi connectivity index (χ4v) is 4.33. The molecule has 186 valence electrons. The SMILES string of the molecule is [2H]C([2H])(C(=O)NCc1cc(-c2ccc(C(F)(F)F)nc2)ncn1)N(C(C)C)S(=O)(=O)c1ccc(F)cc1. The quantitative estimate of drug-likeness (QED) is 0.463. The summed E-state index contributed by atoms with van der Waals surface area (Å²) in [5.74, 6) is -1.98. The zero-order valence-corrected chi connectivity index (χ0v) is 19.2. The average Bonchev–Trinajstić information content (AvgIpc) is 2.82. The normalized spacial score (nSPS) is 13.5. The molecule has 0 spiro atoms. The predicted molar refractivity (Wildman–Crippen MR) is 118 cm³/mol. The molecule has 0 unspecified atom stereocenters. The van der Waals surface area contributed by atoms with E-state index in [4.69, 9.17) is 2.74 Å². The maximum Gasteiger partial charge on any atom is 0.433 e. The maximum atomic E-state index is 13.3. The first-order chi connectivity index (χ1) is 17.1. The Morgan fingerprint density at radius 1 is 1.11 bits per heavy atom. The summed E-state index contributed by atoms with van der Waals surface area (Å²) in [6.07, 6.45) is -2.53. The van der Waals surface area contributed by atoms with Crippen molar-refractivity contribution >= 4 is 15.9 Å². The van der Waals surface area contributed by atoms with Crippen molar-refractivity contribution in [1.29, 1.82) is 0 Å². The van der Waals surface area contributed by atoms with Gasteiger partial charge in [-0.1, -0.05) is 0 Å². The van der Waals surface area contributed by atoms with Crippen molar-refractivity contribution in [3.63, 3.8) is 0 Å². The Bertz CT molecular complexity index is 1370. The lowest BCUT2D eigenvalue weighted by molar-refractivity contribution is -0.141. The summed E-state index contributed by atoms with van der Waals surface area (Å²) < 4.78 is 94.6. The number of sulfonamides is 1. The molecule has 0 saturated carbocycles. The van der Waals surface area contributed by atoms with Crippen LogP contribution in [0.1, 0.15) is 28.0 Å². The summed E-state index contributed by atoms with van der Waals surface area (Å²) in [5, 5.41) is 2.28. The van der Waals surface area contributed by atoms with Gasteiger partial charge in [0.2, 0.25) is 15.9 Å². The fourth-order valence-electron chi connectivity index (χ4n) is 2.86. The summed E-state index contributed by atoms with van der Waals surface area (Å²) in [7, 11) is -4.54. The monoisotopic (exact) mass is 513 g/mol. The van der Waals surface area contributed by atoms with Crippen molar-refractivity contribution in [3.8, 4) is 11.3 Å². The first-order valence-corrected chi connectivity index (χ1v) is 11.5. The van der Waals surface area contributed by atoms with Crippen molar-refractivity contribution in [1.82, 2.24) is 24.6 Å². The lowest BCUT2D eigenvalue weighted by Gasteiger charge is -2.25. The van der Waals surface area contributed by atoms with Gasteiger partial charge in [-0.25, -0.2) is 22.8 Å². The molecule has 1 amide bonds. The van der Waals surface area contributed by atoms with Gasteiger partial charge in [-0.3, -0.25) is 9.78 Å². The van der Waals surface area contributed by atoms with Crippen LogP contribution in [0.5, 0.6) is 0 Å². The van der Waals surface area contributed by atoms with E-state index in [2.05, 4.69) is 20.3 Å². The van der Waals surface area contributed by atoms with E-state index in [9.17, 15) is 30.8 Å². The Kier molecular flexibility index (Phi) is 6.95. The van der Waals surface area contributed by atoms with E-state index in [1.54, 1.807) is 0 Å². The van der Waals surface area contributed by atoms with Crippen LogP contribution in [0.15, 0.2) is 59.9 Å². The minimum Gasteiger partial charge on any atom is -0.349 e. The van der Waals surface area contributed by atoms with Crippen LogP contribution in [-0.4, -0.2) is 46.1 Å². The van der Waals surface area contributed by atoms with Gasteiger partial charge in [0.15, 0.2) is 0 Å². The smallest absolute Gasteiger partial charge is 0.349 e. The number of nitrogens with zero attached hydrogens (tertiary/aromatic N) is 4. The largest absolute Gasteiger partial charge is 0.433 e. The third-order valence-corrected chi connectivity index (χ3v) is 6.45. The Balaban J connectivity index is 1.79. The zero-order chi connectivity index (χ0) is 27.6. The predicted octanol–water partition coefficient (Wildman–Crippen LogP) is 3.41. The number of hydrogen-bond donors (Lipinski definition) is 1. The van der Waals surface area contributed by atoms with Crippen LogP contribution in [-0.2, 0) is 27.5 Å². The third kappa shape index (κ3) is 6.57. The van der Waals surface area contributed by atoms with Gasteiger partial charge >= 0.3 is 6.18 Å². The second-order valence-electron chi connectivity index (χ2n) is 7.47. The molecule has 0 radical (unpaired) electrons. The highest BCUT2D eigenvalue weighted by atomic mass is 32.2. The number of pyridine rings is 1. The van der Waals surface area contributed by atoms with Crippen molar-refractivity contribution < 1.29 is 33.5 Å². The molecule has 0 aliphatic rings. The Labute approximate surface area is 201 Å². The number of amides is 1. The Morgan fingerprint density at radius 3 is 2.37 bits per heavy atom. The molecule has 0 atom stereocenters. The lowest BCUT2D eigenvalue weighted by Crippen LogP contribution is -2.44. The maximum absolute atomic E-state index is 13.3. The van der Waals surface area contributed by atoms with Crippen LogP contribution in [0.2, 0.25) is 0 Å². The molecule has 8 nitrogen and oxygen atoms in total. The van der Waals surface area contributed by atoms with Gasteiger partial charge < -0.3 is 5.32 Å². The van der Waals surface area contributed by atoms with Gasteiger partial charge in [0.05, 0.1) is 32.1 Å². The van der Waals surface area contributed by atoms with E-state index in [1.807, 2.05) is 0 Å². The molecule has 2 aromatic heterocycles. The van der Waals surface area contributed by atoms with Crippen LogP contribution in [0.25, 0.3) is 11.3 Å². The van der Waals surface area contributed by atoms with Crippen molar-refractivity contribution in [2.45, 2.75) is 37.5 Å². The minimum atomic E-state index is -4.60. The van der Waals surface area contributed by atoms with Crippen LogP contribution >= 0.6 is 0 Å². The van der Waals surface area contributed by atoms with E-state index in [1.165, 1.54) is 26.0 Å². The summed E-state index contributed by atoms with van der Waals surface area (Å²) in [5.41, 5.74) is -0.460. The number of nitrogens with one attached hydrogen (secondary N) is 1. The van der Waals surface area contributed by atoms with Crippen LogP contribution < -0.4 is 5.32 Å². The molecule has 0 saturated heterocycles. The highest BCUT2D eigenvalue weighted by Crippen LogP contribution is 2.28. The summed E-state index contributed by atoms with van der Waals surface area (Å²) in [6, 6.07) is 6.05. The summed E-state index contributed by atoms with van der Waals surface area (Å²) in [4.78, 5) is 23.7. The van der Waals surface area contributed by atoms with Gasteiger partial charge in [-0.05, 0) is 56.3 Å². The molecule has 0 aliphatic carbocycles. The molecule has 35 heavy (non-hydrogen) atoms.